The smallest absolute Gasteiger partial charge is 0.126 e. The Kier molecular flexibility index (Phi) is 3.68. The van der Waals surface area contributed by atoms with Gasteiger partial charge in [-0.2, -0.15) is 0 Å². The van der Waals surface area contributed by atoms with Gasteiger partial charge in [-0.15, -0.1) is 5.10 Å². The normalized spacial score (nSPS) is 13.0. The number of aliphatic hydroxyl groups is 1. The van der Waals surface area contributed by atoms with Crippen LogP contribution in [-0.4, -0.2) is 14.7 Å². The number of nitrogens with zero attached hydrogens (tertiary/aromatic N) is 2. The minimum atomic E-state index is -1.10. The Bertz CT molecular complexity index is 537. The van der Waals surface area contributed by atoms with E-state index in [9.17, 15) is 13.9 Å². The maximum atomic E-state index is 13.1. The topological polar surface area (TPSA) is 46.0 Å². The van der Waals surface area contributed by atoms with Crippen molar-refractivity contribution in [1.29, 1.82) is 0 Å². The molecule has 1 N–H and O–H groups in total. The standard InChI is InChI=1S/C12H12F2N2OS/c1-6(2)10-12(18-16-15-10)11(17)7-3-8(13)5-9(14)4-7/h3-6,11,17H,1-2H3. The third-order valence-corrected chi connectivity index (χ3v) is 3.33. The minimum Gasteiger partial charge on any atom is -0.383 e. The van der Waals surface area contributed by atoms with E-state index in [0.29, 0.717) is 10.6 Å². The molecule has 0 amide bonds. The molecule has 1 atom stereocenters. The first-order chi connectivity index (χ1) is 8.49. The Balaban J connectivity index is 2.41. The molecule has 0 aliphatic rings. The van der Waals surface area contributed by atoms with Crippen LogP contribution in [0.2, 0.25) is 0 Å². The summed E-state index contributed by atoms with van der Waals surface area (Å²) in [6, 6.07) is 2.99. The van der Waals surface area contributed by atoms with Crippen LogP contribution in [0.1, 0.15) is 42.0 Å². The Morgan fingerprint density at radius 1 is 1.17 bits per heavy atom. The van der Waals surface area contributed by atoms with Crippen molar-refractivity contribution >= 4 is 11.5 Å². The lowest BCUT2D eigenvalue weighted by Crippen LogP contribution is -2.03. The predicted octanol–water partition coefficient (Wildman–Crippen LogP) is 3.02. The van der Waals surface area contributed by atoms with E-state index in [1.165, 1.54) is 0 Å². The molecule has 18 heavy (non-hydrogen) atoms. The predicted molar refractivity (Wildman–Crippen MR) is 64.4 cm³/mol. The SMILES string of the molecule is CC(C)c1nnsc1C(O)c1cc(F)cc(F)c1. The zero-order valence-electron chi connectivity index (χ0n) is 9.89. The fraction of sp³-hybridized carbons (Fsp3) is 0.333. The number of halogens is 2. The Morgan fingerprint density at radius 3 is 2.33 bits per heavy atom. The molecule has 0 spiro atoms. The minimum absolute atomic E-state index is 0.0896. The van der Waals surface area contributed by atoms with Gasteiger partial charge in [0.15, 0.2) is 0 Å². The second kappa shape index (κ2) is 5.07. The molecule has 3 nitrogen and oxygen atoms in total. The van der Waals surface area contributed by atoms with Crippen molar-refractivity contribution in [2.75, 3.05) is 0 Å². The number of benzene rings is 1. The summed E-state index contributed by atoms with van der Waals surface area (Å²) in [5.74, 6) is -1.34. The molecule has 0 fully saturated rings. The van der Waals surface area contributed by atoms with Crippen LogP contribution < -0.4 is 0 Å². The highest BCUT2D eigenvalue weighted by atomic mass is 32.1. The third kappa shape index (κ3) is 2.54. The monoisotopic (exact) mass is 270 g/mol. The van der Waals surface area contributed by atoms with E-state index in [4.69, 9.17) is 0 Å². The van der Waals surface area contributed by atoms with Crippen LogP contribution in [0.15, 0.2) is 18.2 Å². The molecule has 0 bridgehead atoms. The number of aliphatic hydroxyl groups excluding tert-OH is 1. The maximum absolute atomic E-state index is 13.1. The summed E-state index contributed by atoms with van der Waals surface area (Å²) >= 11 is 1.04. The average Bonchev–Trinajstić information content (AvgIpc) is 2.75. The van der Waals surface area contributed by atoms with Crippen LogP contribution in [-0.2, 0) is 0 Å². The largest absolute Gasteiger partial charge is 0.383 e. The van der Waals surface area contributed by atoms with Gasteiger partial charge < -0.3 is 5.11 Å². The van der Waals surface area contributed by atoms with Gasteiger partial charge in [-0.1, -0.05) is 18.3 Å². The quantitative estimate of drug-likeness (QED) is 0.932. The Labute approximate surface area is 107 Å². The van der Waals surface area contributed by atoms with Gasteiger partial charge in [-0.05, 0) is 35.1 Å². The Morgan fingerprint density at radius 2 is 1.78 bits per heavy atom. The molecule has 0 saturated heterocycles. The average molecular weight is 270 g/mol. The fourth-order valence-corrected chi connectivity index (χ4v) is 2.50. The lowest BCUT2D eigenvalue weighted by molar-refractivity contribution is 0.221. The second-order valence-corrected chi connectivity index (χ2v) is 5.07. The summed E-state index contributed by atoms with van der Waals surface area (Å²) in [7, 11) is 0. The molecule has 96 valence electrons. The van der Waals surface area contributed by atoms with Crippen molar-refractivity contribution in [3.05, 3.63) is 46.0 Å². The number of aromatic nitrogens is 2. The zero-order valence-corrected chi connectivity index (χ0v) is 10.7. The first-order valence-corrected chi connectivity index (χ1v) is 6.22. The number of hydrogen-bond acceptors (Lipinski definition) is 4. The highest BCUT2D eigenvalue weighted by molar-refractivity contribution is 7.05. The molecule has 1 unspecified atom stereocenters. The molecular formula is C12H12F2N2OS. The number of rotatable bonds is 3. The molecule has 1 heterocycles. The van der Waals surface area contributed by atoms with Crippen LogP contribution in [0.3, 0.4) is 0 Å². The molecular weight excluding hydrogens is 258 g/mol. The van der Waals surface area contributed by atoms with Crippen molar-refractivity contribution in [2.24, 2.45) is 0 Å². The van der Waals surface area contributed by atoms with Gasteiger partial charge >= 0.3 is 0 Å². The molecule has 1 aromatic heterocycles. The van der Waals surface area contributed by atoms with Crippen LogP contribution in [0.4, 0.5) is 8.78 Å². The molecule has 0 aliphatic carbocycles. The molecule has 1 aromatic carbocycles. The number of hydrogen-bond donors (Lipinski definition) is 1. The van der Waals surface area contributed by atoms with E-state index in [1.54, 1.807) is 0 Å². The van der Waals surface area contributed by atoms with Gasteiger partial charge in [-0.3, -0.25) is 0 Å². The van der Waals surface area contributed by atoms with E-state index in [0.717, 1.165) is 29.7 Å². The van der Waals surface area contributed by atoms with Crippen molar-refractivity contribution in [1.82, 2.24) is 9.59 Å². The zero-order chi connectivity index (χ0) is 13.3. The van der Waals surface area contributed by atoms with Crippen molar-refractivity contribution < 1.29 is 13.9 Å². The van der Waals surface area contributed by atoms with Crippen molar-refractivity contribution in [3.8, 4) is 0 Å². The highest BCUT2D eigenvalue weighted by Crippen LogP contribution is 2.31. The maximum Gasteiger partial charge on any atom is 0.126 e. The van der Waals surface area contributed by atoms with Gasteiger partial charge in [0.2, 0.25) is 0 Å². The van der Waals surface area contributed by atoms with E-state index in [2.05, 4.69) is 9.59 Å². The summed E-state index contributed by atoms with van der Waals surface area (Å²) in [6.45, 7) is 3.83. The summed E-state index contributed by atoms with van der Waals surface area (Å²) < 4.78 is 30.0. The molecule has 0 radical (unpaired) electrons. The van der Waals surface area contributed by atoms with Gasteiger partial charge in [0.05, 0.1) is 10.6 Å². The van der Waals surface area contributed by atoms with E-state index in [-0.39, 0.29) is 11.5 Å². The second-order valence-electron chi connectivity index (χ2n) is 4.28. The molecule has 2 aromatic rings. The van der Waals surface area contributed by atoms with Crippen LogP contribution in [0.5, 0.6) is 0 Å². The summed E-state index contributed by atoms with van der Waals surface area (Å²) in [6.07, 6.45) is -1.10. The molecule has 6 heteroatoms. The molecule has 0 aliphatic heterocycles. The summed E-state index contributed by atoms with van der Waals surface area (Å²) in [5, 5.41) is 14.1. The van der Waals surface area contributed by atoms with E-state index < -0.39 is 17.7 Å². The van der Waals surface area contributed by atoms with Crippen LogP contribution in [0.25, 0.3) is 0 Å². The fourth-order valence-electron chi connectivity index (χ4n) is 1.68. The van der Waals surface area contributed by atoms with Crippen molar-refractivity contribution in [2.45, 2.75) is 25.9 Å². The Hall–Kier alpha value is -1.40. The van der Waals surface area contributed by atoms with Gasteiger partial charge in [0.25, 0.3) is 0 Å². The summed E-state index contributed by atoms with van der Waals surface area (Å²) in [4.78, 5) is 0.523. The molecule has 2 rings (SSSR count). The first kappa shape index (κ1) is 13.0. The highest BCUT2D eigenvalue weighted by Gasteiger charge is 2.21. The van der Waals surface area contributed by atoms with Gasteiger partial charge in [0.1, 0.15) is 17.7 Å². The van der Waals surface area contributed by atoms with Gasteiger partial charge in [-0.25, -0.2) is 8.78 Å². The molecule has 0 saturated carbocycles. The van der Waals surface area contributed by atoms with E-state index >= 15 is 0 Å². The van der Waals surface area contributed by atoms with Crippen LogP contribution >= 0.6 is 11.5 Å². The van der Waals surface area contributed by atoms with Crippen LogP contribution in [0, 0.1) is 11.6 Å². The summed E-state index contributed by atoms with van der Waals surface area (Å²) in [5.41, 5.74) is 0.817. The third-order valence-electron chi connectivity index (χ3n) is 2.54. The van der Waals surface area contributed by atoms with E-state index in [1.807, 2.05) is 13.8 Å². The lowest BCUT2D eigenvalue weighted by Gasteiger charge is -2.11. The lowest BCUT2D eigenvalue weighted by atomic mass is 10.0. The first-order valence-electron chi connectivity index (χ1n) is 5.45. The van der Waals surface area contributed by atoms with Crippen molar-refractivity contribution in [3.63, 3.8) is 0 Å². The van der Waals surface area contributed by atoms with Gasteiger partial charge in [0, 0.05) is 6.07 Å².